The highest BCUT2D eigenvalue weighted by molar-refractivity contribution is 9.10. The summed E-state index contributed by atoms with van der Waals surface area (Å²) in [6.45, 7) is 2.16. The van der Waals surface area contributed by atoms with Gasteiger partial charge >= 0.3 is 12.0 Å². The van der Waals surface area contributed by atoms with Gasteiger partial charge in [-0.1, -0.05) is 28.1 Å². The Morgan fingerprint density at radius 3 is 2.41 bits per heavy atom. The lowest BCUT2D eigenvalue weighted by Crippen LogP contribution is -2.24. The number of urea groups is 1. The number of methoxy groups -OCH3 is 1. The van der Waals surface area contributed by atoms with Crippen LogP contribution in [0.4, 0.5) is 10.5 Å². The SMILES string of the molecule is COc1cc(/C=N/NC(=O)Nc2ccc(Br)c(C)c2)c(Br)cc1OCc1ccc(C(=O)O)cc1. The van der Waals surface area contributed by atoms with Gasteiger partial charge in [0, 0.05) is 20.2 Å². The summed E-state index contributed by atoms with van der Waals surface area (Å²) in [5, 5.41) is 15.7. The van der Waals surface area contributed by atoms with Gasteiger partial charge in [-0.05, 0) is 76.4 Å². The van der Waals surface area contributed by atoms with Crippen LogP contribution >= 0.6 is 31.9 Å². The van der Waals surface area contributed by atoms with Crippen molar-refractivity contribution in [1.82, 2.24) is 5.43 Å². The Hall–Kier alpha value is -3.37. The van der Waals surface area contributed by atoms with Crippen molar-refractivity contribution in [2.75, 3.05) is 12.4 Å². The summed E-state index contributed by atoms with van der Waals surface area (Å²) in [5.74, 6) is -0.0163. The van der Waals surface area contributed by atoms with Crippen LogP contribution in [-0.4, -0.2) is 30.4 Å². The molecule has 34 heavy (non-hydrogen) atoms. The number of anilines is 1. The number of ether oxygens (including phenoxy) is 2. The highest BCUT2D eigenvalue weighted by Crippen LogP contribution is 2.33. The standard InChI is InChI=1S/C24H21Br2N3O5/c1-14-9-18(7-8-19(14)25)28-24(32)29-27-12-17-10-21(33-2)22(11-20(17)26)34-13-15-3-5-16(6-4-15)23(30)31/h3-12H,13H2,1-2H3,(H,30,31)(H2,28,29,32)/b27-12+. The molecule has 0 unspecified atom stereocenters. The van der Waals surface area contributed by atoms with E-state index in [1.165, 1.54) is 25.5 Å². The first-order valence-electron chi connectivity index (χ1n) is 9.95. The van der Waals surface area contributed by atoms with Gasteiger partial charge in [-0.2, -0.15) is 5.10 Å². The van der Waals surface area contributed by atoms with Crippen molar-refractivity contribution in [3.8, 4) is 11.5 Å². The van der Waals surface area contributed by atoms with Crippen molar-refractivity contribution in [1.29, 1.82) is 0 Å². The van der Waals surface area contributed by atoms with Crippen molar-refractivity contribution in [2.24, 2.45) is 5.10 Å². The molecule has 2 amide bonds. The van der Waals surface area contributed by atoms with Crippen LogP contribution in [0.5, 0.6) is 11.5 Å². The summed E-state index contributed by atoms with van der Waals surface area (Å²) in [6, 6.07) is 14.9. The molecule has 0 bridgehead atoms. The van der Waals surface area contributed by atoms with Gasteiger partial charge in [-0.3, -0.25) is 0 Å². The minimum absolute atomic E-state index is 0.210. The lowest BCUT2D eigenvalue weighted by Gasteiger charge is -2.13. The third-order valence-corrected chi connectivity index (χ3v) is 6.24. The van der Waals surface area contributed by atoms with Crippen LogP contribution in [0, 0.1) is 6.92 Å². The van der Waals surface area contributed by atoms with Crippen molar-refractivity contribution in [2.45, 2.75) is 13.5 Å². The highest BCUT2D eigenvalue weighted by atomic mass is 79.9. The number of rotatable bonds is 8. The molecule has 0 spiro atoms. The summed E-state index contributed by atoms with van der Waals surface area (Å²) in [4.78, 5) is 23.1. The number of carboxylic acids is 1. The summed E-state index contributed by atoms with van der Waals surface area (Å²) in [5.41, 5.74) is 5.75. The van der Waals surface area contributed by atoms with Gasteiger partial charge in [0.1, 0.15) is 6.61 Å². The number of aromatic carboxylic acids is 1. The average Bonchev–Trinajstić information content (AvgIpc) is 2.81. The number of hydrazone groups is 1. The largest absolute Gasteiger partial charge is 0.493 e. The minimum Gasteiger partial charge on any atom is -0.493 e. The molecule has 0 aromatic heterocycles. The second kappa shape index (κ2) is 11.7. The molecule has 0 radical (unpaired) electrons. The Labute approximate surface area is 213 Å². The molecule has 0 fully saturated rings. The zero-order chi connectivity index (χ0) is 24.7. The minimum atomic E-state index is -0.981. The average molecular weight is 591 g/mol. The number of amides is 2. The van der Waals surface area contributed by atoms with Crippen molar-refractivity contribution in [3.05, 3.63) is 85.8 Å². The second-order valence-corrected chi connectivity index (χ2v) is 8.81. The summed E-state index contributed by atoms with van der Waals surface area (Å²) in [7, 11) is 1.52. The third-order valence-electron chi connectivity index (χ3n) is 4.66. The number of benzene rings is 3. The van der Waals surface area contributed by atoms with E-state index in [2.05, 4.69) is 47.7 Å². The molecule has 3 N–H and O–H groups in total. The van der Waals surface area contributed by atoms with Crippen LogP contribution in [0.25, 0.3) is 0 Å². The number of carboxylic acid groups (broad SMARTS) is 1. The number of carbonyl (C=O) groups is 2. The normalized spacial score (nSPS) is 10.7. The van der Waals surface area contributed by atoms with Crippen molar-refractivity contribution < 1.29 is 24.2 Å². The van der Waals surface area contributed by atoms with Gasteiger partial charge in [-0.15, -0.1) is 0 Å². The maximum Gasteiger partial charge on any atom is 0.339 e. The Balaban J connectivity index is 1.62. The lowest BCUT2D eigenvalue weighted by molar-refractivity contribution is 0.0696. The monoisotopic (exact) mass is 589 g/mol. The van der Waals surface area contributed by atoms with E-state index in [0.29, 0.717) is 27.2 Å². The number of hydrogen-bond acceptors (Lipinski definition) is 5. The summed E-state index contributed by atoms with van der Waals surface area (Å²) < 4.78 is 12.9. The number of halogens is 2. The maximum atomic E-state index is 12.1. The molecule has 0 heterocycles. The fourth-order valence-electron chi connectivity index (χ4n) is 2.87. The quantitative estimate of drug-likeness (QED) is 0.221. The molecule has 0 saturated heterocycles. The molecule has 0 saturated carbocycles. The number of carbonyl (C=O) groups excluding carboxylic acids is 1. The van der Waals surface area contributed by atoms with Gasteiger partial charge in [0.15, 0.2) is 11.5 Å². The van der Waals surface area contributed by atoms with E-state index in [4.69, 9.17) is 14.6 Å². The van der Waals surface area contributed by atoms with Gasteiger partial charge in [0.25, 0.3) is 0 Å². The van der Waals surface area contributed by atoms with Crippen LogP contribution in [0.2, 0.25) is 0 Å². The number of aryl methyl sites for hydroxylation is 1. The number of hydrogen-bond donors (Lipinski definition) is 3. The molecule has 3 rings (SSSR count). The van der Waals surface area contributed by atoms with E-state index in [9.17, 15) is 9.59 Å². The zero-order valence-corrected chi connectivity index (χ0v) is 21.4. The van der Waals surface area contributed by atoms with Crippen molar-refractivity contribution >= 4 is 55.8 Å². The Bertz CT molecular complexity index is 1230. The van der Waals surface area contributed by atoms with Crippen LogP contribution in [0.15, 0.2) is 68.6 Å². The van der Waals surface area contributed by atoms with Crippen LogP contribution in [-0.2, 0) is 6.61 Å². The third kappa shape index (κ3) is 6.82. The van der Waals surface area contributed by atoms with Gasteiger partial charge in [-0.25, -0.2) is 15.0 Å². The fourth-order valence-corrected chi connectivity index (χ4v) is 3.54. The van der Waals surface area contributed by atoms with Crippen LogP contribution in [0.1, 0.15) is 27.0 Å². The smallest absolute Gasteiger partial charge is 0.339 e. The molecular weight excluding hydrogens is 570 g/mol. The Kier molecular flexibility index (Phi) is 8.67. The molecule has 10 heteroatoms. The van der Waals surface area contributed by atoms with E-state index in [0.717, 1.165) is 15.6 Å². The highest BCUT2D eigenvalue weighted by Gasteiger charge is 2.11. The second-order valence-electron chi connectivity index (χ2n) is 7.10. The molecule has 8 nitrogen and oxygen atoms in total. The predicted molar refractivity (Wildman–Crippen MR) is 137 cm³/mol. The van der Waals surface area contributed by atoms with E-state index in [1.807, 2.05) is 19.1 Å². The van der Waals surface area contributed by atoms with E-state index < -0.39 is 12.0 Å². The van der Waals surface area contributed by atoms with E-state index in [1.54, 1.807) is 30.3 Å². The maximum absolute atomic E-state index is 12.1. The first-order chi connectivity index (χ1) is 16.3. The van der Waals surface area contributed by atoms with Gasteiger partial charge < -0.3 is 19.9 Å². The van der Waals surface area contributed by atoms with Crippen molar-refractivity contribution in [3.63, 3.8) is 0 Å². The zero-order valence-electron chi connectivity index (χ0n) is 18.3. The molecule has 0 atom stereocenters. The molecule has 3 aromatic carbocycles. The first-order valence-corrected chi connectivity index (χ1v) is 11.5. The van der Waals surface area contributed by atoms with E-state index >= 15 is 0 Å². The lowest BCUT2D eigenvalue weighted by atomic mass is 10.1. The van der Waals surface area contributed by atoms with E-state index in [-0.39, 0.29) is 12.2 Å². The fraction of sp³-hybridized carbons (Fsp3) is 0.125. The number of nitrogens with one attached hydrogen (secondary N) is 2. The molecule has 176 valence electrons. The Morgan fingerprint density at radius 1 is 1.03 bits per heavy atom. The topological polar surface area (TPSA) is 109 Å². The summed E-state index contributed by atoms with van der Waals surface area (Å²) in [6.07, 6.45) is 1.48. The number of nitrogens with zero attached hydrogens (tertiary/aromatic N) is 1. The first kappa shape index (κ1) is 25.3. The molecular formula is C24H21Br2N3O5. The molecule has 0 aliphatic heterocycles. The van der Waals surface area contributed by atoms with Gasteiger partial charge in [0.2, 0.25) is 0 Å². The molecule has 0 aliphatic carbocycles. The molecule has 0 aliphatic rings. The predicted octanol–water partition coefficient (Wildman–Crippen LogP) is 5.96. The molecule has 3 aromatic rings. The Morgan fingerprint density at radius 2 is 1.76 bits per heavy atom. The van der Waals surface area contributed by atoms with Crippen LogP contribution in [0.3, 0.4) is 0 Å². The summed E-state index contributed by atoms with van der Waals surface area (Å²) >= 11 is 6.89. The van der Waals surface area contributed by atoms with Gasteiger partial charge in [0.05, 0.1) is 18.9 Å². The van der Waals surface area contributed by atoms with Crippen LogP contribution < -0.4 is 20.2 Å².